The summed E-state index contributed by atoms with van der Waals surface area (Å²) in [5, 5.41) is 14.5. The highest BCUT2D eigenvalue weighted by Crippen LogP contribution is 2.31. The Hall–Kier alpha value is -4.54. The lowest BCUT2D eigenvalue weighted by atomic mass is 9.95. The predicted molar refractivity (Wildman–Crippen MR) is 137 cm³/mol. The van der Waals surface area contributed by atoms with Gasteiger partial charge in [0.25, 0.3) is 0 Å². The van der Waals surface area contributed by atoms with E-state index in [1.807, 2.05) is 48.5 Å². The Morgan fingerprint density at radius 3 is 2.51 bits per heavy atom. The van der Waals surface area contributed by atoms with Crippen molar-refractivity contribution in [3.05, 3.63) is 113 Å². The Labute approximate surface area is 202 Å². The fraction of sp³-hybridized carbons (Fsp3) is 0.0357. The van der Waals surface area contributed by atoms with Crippen LogP contribution in [0.3, 0.4) is 0 Å². The first-order chi connectivity index (χ1) is 17.0. The number of nitrogens with one attached hydrogen (secondary N) is 1. The molecule has 7 heteroatoms. The Balaban J connectivity index is 1.61. The monoisotopic (exact) mass is 477 g/mol. The van der Waals surface area contributed by atoms with Gasteiger partial charge in [-0.2, -0.15) is 5.26 Å². The Kier molecular flexibility index (Phi) is 5.73. The molecule has 170 valence electrons. The standard InChI is InChI=1S/C28H19N3O3S/c29-17-23(35(33,34)22-10-2-1-3-11-22)16-19-7-6-9-21(15-19)27-25-14-13-20-8-4-5-12-24(20)28(25)31-26(32)18-30-27/h1-16H,18H2,(H,31,32). The summed E-state index contributed by atoms with van der Waals surface area (Å²) >= 11 is 0. The van der Waals surface area contributed by atoms with Crippen molar-refractivity contribution in [1.29, 1.82) is 5.26 Å². The molecule has 6 nitrogen and oxygen atoms in total. The zero-order valence-corrected chi connectivity index (χ0v) is 19.3. The molecule has 5 rings (SSSR count). The molecule has 0 saturated carbocycles. The maximum absolute atomic E-state index is 13.0. The number of hydrogen-bond acceptors (Lipinski definition) is 5. The van der Waals surface area contributed by atoms with Crippen molar-refractivity contribution in [2.24, 2.45) is 4.99 Å². The van der Waals surface area contributed by atoms with Crippen LogP contribution >= 0.6 is 0 Å². The van der Waals surface area contributed by atoms with E-state index < -0.39 is 9.84 Å². The number of anilines is 1. The lowest BCUT2D eigenvalue weighted by molar-refractivity contribution is -0.114. The zero-order chi connectivity index (χ0) is 24.4. The molecule has 1 aliphatic heterocycles. The smallest absolute Gasteiger partial charge is 0.246 e. The van der Waals surface area contributed by atoms with Crippen LogP contribution < -0.4 is 5.32 Å². The summed E-state index contributed by atoms with van der Waals surface area (Å²) in [6.45, 7) is -0.0375. The van der Waals surface area contributed by atoms with E-state index in [0.717, 1.165) is 16.3 Å². The van der Waals surface area contributed by atoms with Crippen LogP contribution in [0.4, 0.5) is 5.69 Å². The van der Waals surface area contributed by atoms with E-state index in [2.05, 4.69) is 10.3 Å². The van der Waals surface area contributed by atoms with E-state index in [9.17, 15) is 18.5 Å². The van der Waals surface area contributed by atoms with Crippen LogP contribution in [0.15, 0.2) is 106 Å². The summed E-state index contributed by atoms with van der Waals surface area (Å²) in [5.74, 6) is -0.214. The molecule has 1 amide bonds. The summed E-state index contributed by atoms with van der Waals surface area (Å²) < 4.78 is 25.9. The number of nitriles is 1. The first-order valence-corrected chi connectivity index (χ1v) is 12.3. The molecule has 4 aromatic carbocycles. The van der Waals surface area contributed by atoms with Crippen LogP contribution in [0, 0.1) is 11.3 Å². The van der Waals surface area contributed by atoms with Gasteiger partial charge in [-0.25, -0.2) is 8.42 Å². The fourth-order valence-corrected chi connectivity index (χ4v) is 5.27. The third-order valence-electron chi connectivity index (χ3n) is 5.74. The maximum atomic E-state index is 13.0. The summed E-state index contributed by atoms with van der Waals surface area (Å²) in [6, 6.07) is 28.5. The van der Waals surface area contributed by atoms with Gasteiger partial charge in [0.1, 0.15) is 17.5 Å². The maximum Gasteiger partial charge on any atom is 0.246 e. The number of nitrogens with zero attached hydrogens (tertiary/aromatic N) is 2. The molecule has 0 saturated heterocycles. The molecule has 0 aliphatic carbocycles. The second-order valence-corrected chi connectivity index (χ2v) is 9.90. The SMILES string of the molecule is N#CC(=Cc1cccc(C2=NCC(=O)Nc3c2ccc2ccccc32)c1)S(=O)(=O)c1ccccc1. The van der Waals surface area contributed by atoms with Gasteiger partial charge in [0, 0.05) is 16.5 Å². The van der Waals surface area contributed by atoms with Crippen molar-refractivity contribution in [2.45, 2.75) is 4.90 Å². The van der Waals surface area contributed by atoms with Crippen molar-refractivity contribution in [2.75, 3.05) is 11.9 Å². The molecule has 0 unspecified atom stereocenters. The molecule has 0 radical (unpaired) electrons. The van der Waals surface area contributed by atoms with Crippen LogP contribution in [0.25, 0.3) is 16.8 Å². The largest absolute Gasteiger partial charge is 0.323 e. The van der Waals surface area contributed by atoms with Gasteiger partial charge in [-0.05, 0) is 35.2 Å². The molecule has 4 aromatic rings. The van der Waals surface area contributed by atoms with Crippen LogP contribution in [-0.2, 0) is 14.6 Å². The van der Waals surface area contributed by atoms with E-state index in [4.69, 9.17) is 0 Å². The number of benzene rings is 4. The molecule has 0 aromatic heterocycles. The fourth-order valence-electron chi connectivity index (χ4n) is 4.09. The molecule has 1 heterocycles. The van der Waals surface area contributed by atoms with Gasteiger partial charge in [0.2, 0.25) is 15.7 Å². The Morgan fingerprint density at radius 2 is 1.71 bits per heavy atom. The number of sulfone groups is 1. The number of carbonyl (C=O) groups excluding carboxylic acids is 1. The molecular weight excluding hydrogens is 458 g/mol. The van der Waals surface area contributed by atoms with E-state index in [1.54, 1.807) is 36.4 Å². The van der Waals surface area contributed by atoms with Crippen molar-refractivity contribution in [3.8, 4) is 6.07 Å². The molecule has 1 N–H and O–H groups in total. The minimum Gasteiger partial charge on any atom is -0.323 e. The zero-order valence-electron chi connectivity index (χ0n) is 18.5. The van der Waals surface area contributed by atoms with Crippen LogP contribution in [0.5, 0.6) is 0 Å². The normalized spacial score (nSPS) is 13.9. The Morgan fingerprint density at radius 1 is 0.943 bits per heavy atom. The number of aliphatic imine (C=N–C) groups is 1. The number of carbonyl (C=O) groups is 1. The van der Waals surface area contributed by atoms with Gasteiger partial charge < -0.3 is 5.32 Å². The topological polar surface area (TPSA) is 99.4 Å². The van der Waals surface area contributed by atoms with E-state index in [0.29, 0.717) is 22.5 Å². The molecule has 0 atom stereocenters. The highest BCUT2D eigenvalue weighted by atomic mass is 32.2. The van der Waals surface area contributed by atoms with Gasteiger partial charge in [-0.3, -0.25) is 9.79 Å². The second kappa shape index (κ2) is 9.01. The molecule has 1 aliphatic rings. The highest BCUT2D eigenvalue weighted by Gasteiger charge is 2.22. The number of hydrogen-bond donors (Lipinski definition) is 1. The van der Waals surface area contributed by atoms with E-state index in [-0.39, 0.29) is 22.3 Å². The molecular formula is C28H19N3O3S. The van der Waals surface area contributed by atoms with Crippen molar-refractivity contribution < 1.29 is 13.2 Å². The third-order valence-corrected chi connectivity index (χ3v) is 7.42. The molecule has 0 fully saturated rings. The van der Waals surface area contributed by atoms with Crippen molar-refractivity contribution in [1.82, 2.24) is 0 Å². The van der Waals surface area contributed by atoms with Crippen LogP contribution in [0.1, 0.15) is 16.7 Å². The summed E-state index contributed by atoms with van der Waals surface area (Å²) in [4.78, 5) is 16.7. The molecule has 35 heavy (non-hydrogen) atoms. The van der Waals surface area contributed by atoms with Gasteiger partial charge in [0.05, 0.1) is 16.3 Å². The number of rotatable bonds is 4. The lowest BCUT2D eigenvalue weighted by Crippen LogP contribution is -2.13. The molecule has 0 spiro atoms. The number of fused-ring (bicyclic) bond motifs is 3. The van der Waals surface area contributed by atoms with Crippen molar-refractivity contribution in [3.63, 3.8) is 0 Å². The second-order valence-electron chi connectivity index (χ2n) is 7.98. The average Bonchev–Trinajstić information content (AvgIpc) is 3.06. The van der Waals surface area contributed by atoms with Gasteiger partial charge in [-0.15, -0.1) is 0 Å². The quantitative estimate of drug-likeness (QED) is 0.420. The van der Waals surface area contributed by atoms with Gasteiger partial charge >= 0.3 is 0 Å². The number of amides is 1. The average molecular weight is 478 g/mol. The first-order valence-electron chi connectivity index (χ1n) is 10.9. The number of allylic oxidation sites excluding steroid dienone is 1. The van der Waals surface area contributed by atoms with Gasteiger partial charge in [0.15, 0.2) is 0 Å². The van der Waals surface area contributed by atoms with Crippen molar-refractivity contribution >= 4 is 44.0 Å². The minimum atomic E-state index is -3.96. The van der Waals surface area contributed by atoms with Crippen LogP contribution in [-0.4, -0.2) is 26.6 Å². The third kappa shape index (κ3) is 4.23. The summed E-state index contributed by atoms with van der Waals surface area (Å²) in [7, 11) is -3.96. The lowest BCUT2D eigenvalue weighted by Gasteiger charge is -2.13. The summed E-state index contributed by atoms with van der Waals surface area (Å²) in [6.07, 6.45) is 1.35. The summed E-state index contributed by atoms with van der Waals surface area (Å²) in [5.41, 5.74) is 3.32. The Bertz CT molecular complexity index is 1680. The minimum absolute atomic E-state index is 0.0375. The van der Waals surface area contributed by atoms with Crippen LogP contribution in [0.2, 0.25) is 0 Å². The predicted octanol–water partition coefficient (Wildman–Crippen LogP) is 4.97. The van der Waals surface area contributed by atoms with Gasteiger partial charge in [-0.1, -0.05) is 72.8 Å². The highest BCUT2D eigenvalue weighted by molar-refractivity contribution is 7.95. The first kappa shape index (κ1) is 22.3. The van der Waals surface area contributed by atoms with E-state index >= 15 is 0 Å². The molecule has 0 bridgehead atoms. The van der Waals surface area contributed by atoms with E-state index in [1.165, 1.54) is 18.2 Å².